The van der Waals surface area contributed by atoms with Crippen molar-refractivity contribution in [2.75, 3.05) is 14.2 Å². The maximum absolute atomic E-state index is 6.07. The van der Waals surface area contributed by atoms with Crippen LogP contribution in [-0.2, 0) is 6.61 Å². The van der Waals surface area contributed by atoms with E-state index in [1.54, 1.807) is 18.7 Å². The normalized spacial score (nSPS) is 11.2. The number of hydrogen-bond acceptors (Lipinski definition) is 7. The summed E-state index contributed by atoms with van der Waals surface area (Å²) in [6.45, 7) is 0.383. The fourth-order valence-corrected chi connectivity index (χ4v) is 3.76. The molecule has 0 fully saturated rings. The molecule has 5 rings (SSSR count). The standard InChI is InChI=1S/C21H16N3O4S/c1-25-15-8-13(12-27-14-6-4-3-5-7-14)16-10-19(28-18(16)9-15)17-11-24-20(22-17)29-21(23-24)26-2/h4-11H,12H2,1-2H3. The molecular weight excluding hydrogens is 390 g/mol. The van der Waals surface area contributed by atoms with Gasteiger partial charge in [0, 0.05) is 17.0 Å². The molecule has 2 aromatic carbocycles. The lowest BCUT2D eigenvalue weighted by Crippen LogP contribution is -1.96. The van der Waals surface area contributed by atoms with Gasteiger partial charge in [-0.2, -0.15) is 0 Å². The summed E-state index contributed by atoms with van der Waals surface area (Å²) < 4.78 is 24.3. The molecule has 8 heteroatoms. The third-order valence-electron chi connectivity index (χ3n) is 4.47. The van der Waals surface area contributed by atoms with Crippen molar-refractivity contribution in [1.29, 1.82) is 0 Å². The monoisotopic (exact) mass is 406 g/mol. The van der Waals surface area contributed by atoms with E-state index in [2.05, 4.69) is 16.1 Å². The lowest BCUT2D eigenvalue weighted by atomic mass is 10.1. The molecule has 7 nitrogen and oxygen atoms in total. The molecule has 0 aliphatic rings. The number of hydrogen-bond donors (Lipinski definition) is 0. The van der Waals surface area contributed by atoms with Gasteiger partial charge in [0.15, 0.2) is 5.76 Å². The summed E-state index contributed by atoms with van der Waals surface area (Å²) >= 11 is 1.37. The molecule has 0 saturated carbocycles. The number of rotatable bonds is 6. The van der Waals surface area contributed by atoms with Gasteiger partial charge in [-0.25, -0.2) is 9.50 Å². The first-order chi connectivity index (χ1) is 14.2. The van der Waals surface area contributed by atoms with Gasteiger partial charge < -0.3 is 18.6 Å². The minimum Gasteiger partial charge on any atom is -0.497 e. The van der Waals surface area contributed by atoms with Gasteiger partial charge in [0.25, 0.3) is 5.19 Å². The lowest BCUT2D eigenvalue weighted by molar-refractivity contribution is 0.306. The Bertz CT molecular complexity index is 1260. The number of fused-ring (bicyclic) bond motifs is 2. The molecule has 0 saturated heterocycles. The minimum absolute atomic E-state index is 0.383. The summed E-state index contributed by atoms with van der Waals surface area (Å²) in [5.74, 6) is 2.13. The second-order valence-corrected chi connectivity index (χ2v) is 7.18. The first kappa shape index (κ1) is 17.6. The Morgan fingerprint density at radius 2 is 1.97 bits per heavy atom. The molecule has 145 valence electrons. The Hall–Kier alpha value is -3.52. The summed E-state index contributed by atoms with van der Waals surface area (Å²) in [5, 5.41) is 5.82. The molecule has 0 amide bonds. The van der Waals surface area contributed by atoms with Crippen molar-refractivity contribution in [2.45, 2.75) is 6.61 Å². The van der Waals surface area contributed by atoms with Gasteiger partial charge in [0.05, 0.1) is 20.4 Å². The summed E-state index contributed by atoms with van der Waals surface area (Å²) in [7, 11) is 3.22. The average molecular weight is 406 g/mol. The highest BCUT2D eigenvalue weighted by atomic mass is 32.1. The predicted molar refractivity (Wildman–Crippen MR) is 109 cm³/mol. The first-order valence-corrected chi connectivity index (χ1v) is 9.65. The Kier molecular flexibility index (Phi) is 4.33. The third-order valence-corrected chi connectivity index (χ3v) is 5.35. The molecule has 0 aliphatic heterocycles. The van der Waals surface area contributed by atoms with E-state index < -0.39 is 0 Å². The van der Waals surface area contributed by atoms with Crippen LogP contribution in [0.3, 0.4) is 0 Å². The van der Waals surface area contributed by atoms with Crippen molar-refractivity contribution in [3.8, 4) is 28.1 Å². The summed E-state index contributed by atoms with van der Waals surface area (Å²) in [5.41, 5.74) is 2.37. The van der Waals surface area contributed by atoms with Crippen molar-refractivity contribution in [2.24, 2.45) is 0 Å². The molecule has 0 unspecified atom stereocenters. The highest BCUT2D eigenvalue weighted by Crippen LogP contribution is 2.34. The molecule has 3 heterocycles. The number of nitrogens with zero attached hydrogens (tertiary/aromatic N) is 3. The molecule has 0 spiro atoms. The van der Waals surface area contributed by atoms with Crippen molar-refractivity contribution in [3.05, 3.63) is 60.3 Å². The Balaban J connectivity index is 1.52. The second kappa shape index (κ2) is 7.14. The van der Waals surface area contributed by atoms with Crippen LogP contribution < -0.4 is 14.2 Å². The number of benzene rings is 2. The zero-order chi connectivity index (χ0) is 19.8. The van der Waals surface area contributed by atoms with Gasteiger partial charge in [-0.15, -0.1) is 5.10 Å². The van der Waals surface area contributed by atoms with Gasteiger partial charge in [-0.3, -0.25) is 0 Å². The zero-order valence-corrected chi connectivity index (χ0v) is 16.5. The highest BCUT2D eigenvalue weighted by Gasteiger charge is 2.16. The first-order valence-electron chi connectivity index (χ1n) is 8.83. The number of furan rings is 1. The molecule has 0 bridgehead atoms. The van der Waals surface area contributed by atoms with Crippen LogP contribution in [0.4, 0.5) is 0 Å². The van der Waals surface area contributed by atoms with Crippen molar-refractivity contribution in [1.82, 2.24) is 14.6 Å². The number of ether oxygens (including phenoxy) is 3. The van der Waals surface area contributed by atoms with Gasteiger partial charge in [0.2, 0.25) is 4.96 Å². The van der Waals surface area contributed by atoms with E-state index in [-0.39, 0.29) is 0 Å². The molecule has 0 N–H and O–H groups in total. The minimum atomic E-state index is 0.383. The molecular formula is C21H16N3O4S. The predicted octanol–water partition coefficient (Wildman–Crippen LogP) is 4.60. The van der Waals surface area contributed by atoms with Gasteiger partial charge in [-0.05, 0) is 41.7 Å². The van der Waals surface area contributed by atoms with E-state index >= 15 is 0 Å². The van der Waals surface area contributed by atoms with E-state index in [1.165, 1.54) is 11.3 Å². The van der Waals surface area contributed by atoms with E-state index in [0.717, 1.165) is 21.7 Å². The van der Waals surface area contributed by atoms with Gasteiger partial charge >= 0.3 is 0 Å². The molecule has 0 aliphatic carbocycles. The van der Waals surface area contributed by atoms with Crippen molar-refractivity contribution in [3.63, 3.8) is 0 Å². The summed E-state index contributed by atoms with van der Waals surface area (Å²) in [4.78, 5) is 5.33. The average Bonchev–Trinajstić information content (AvgIpc) is 3.44. The second-order valence-electron chi connectivity index (χ2n) is 6.26. The Labute approximate surface area is 170 Å². The fraction of sp³-hybridized carbons (Fsp3) is 0.143. The zero-order valence-electron chi connectivity index (χ0n) is 15.7. The SMILES string of the molecule is COc1cc(COc2cc[c]cc2)c2cc(-c3cn4nc(OC)sc4n3)oc2c1. The molecule has 5 aromatic rings. The topological polar surface area (TPSA) is 71.0 Å². The number of aromatic nitrogens is 3. The van der Waals surface area contributed by atoms with Crippen LogP contribution in [0.25, 0.3) is 27.4 Å². The Morgan fingerprint density at radius 1 is 1.10 bits per heavy atom. The van der Waals surface area contributed by atoms with Crippen LogP contribution in [0.5, 0.6) is 16.7 Å². The van der Waals surface area contributed by atoms with Gasteiger partial charge in [0.1, 0.15) is 29.4 Å². The van der Waals surface area contributed by atoms with Crippen LogP contribution in [0.1, 0.15) is 5.56 Å². The van der Waals surface area contributed by atoms with E-state index in [1.807, 2.05) is 48.7 Å². The molecule has 0 atom stereocenters. The van der Waals surface area contributed by atoms with Crippen LogP contribution in [0, 0.1) is 6.07 Å². The molecule has 3 aromatic heterocycles. The summed E-state index contributed by atoms with van der Waals surface area (Å²) in [6.07, 6.45) is 1.82. The van der Waals surface area contributed by atoms with E-state index in [4.69, 9.17) is 18.6 Å². The third kappa shape index (κ3) is 3.27. The van der Waals surface area contributed by atoms with Crippen molar-refractivity contribution < 1.29 is 18.6 Å². The molecule has 1 radical (unpaired) electrons. The van der Waals surface area contributed by atoms with Crippen LogP contribution >= 0.6 is 11.3 Å². The van der Waals surface area contributed by atoms with Crippen molar-refractivity contribution >= 4 is 27.3 Å². The lowest BCUT2D eigenvalue weighted by Gasteiger charge is -2.08. The van der Waals surface area contributed by atoms with Crippen LogP contribution in [-0.4, -0.2) is 28.8 Å². The number of imidazole rings is 1. The Morgan fingerprint density at radius 3 is 2.72 bits per heavy atom. The van der Waals surface area contributed by atoms with Crippen LogP contribution in [0.2, 0.25) is 0 Å². The van der Waals surface area contributed by atoms with Crippen LogP contribution in [0.15, 0.2) is 53.1 Å². The largest absolute Gasteiger partial charge is 0.497 e. The fourth-order valence-electron chi connectivity index (χ4n) is 3.06. The summed E-state index contributed by atoms with van der Waals surface area (Å²) in [6, 6.07) is 16.1. The maximum Gasteiger partial charge on any atom is 0.294 e. The van der Waals surface area contributed by atoms with E-state index in [0.29, 0.717) is 34.6 Å². The van der Waals surface area contributed by atoms with Gasteiger partial charge in [-0.1, -0.05) is 12.1 Å². The highest BCUT2D eigenvalue weighted by molar-refractivity contribution is 7.18. The maximum atomic E-state index is 6.07. The number of methoxy groups -OCH3 is 2. The smallest absolute Gasteiger partial charge is 0.294 e. The quantitative estimate of drug-likeness (QED) is 0.410. The molecule has 29 heavy (non-hydrogen) atoms. The van der Waals surface area contributed by atoms with E-state index in [9.17, 15) is 0 Å².